The van der Waals surface area contributed by atoms with Crippen LogP contribution in [-0.2, 0) is 19.8 Å². The van der Waals surface area contributed by atoms with Gasteiger partial charge in [0.25, 0.3) is 0 Å². The van der Waals surface area contributed by atoms with E-state index in [-0.39, 0.29) is 35.0 Å². The fourth-order valence-electron chi connectivity index (χ4n) is 9.04. The Labute approximate surface area is 243 Å². The fourth-order valence-corrected chi connectivity index (χ4v) is 9.26. The molecule has 5 aliphatic carbocycles. The van der Waals surface area contributed by atoms with Crippen molar-refractivity contribution >= 4 is 41.2 Å². The molecule has 3 aromatic rings. The number of hydrogen-bond donors (Lipinski definition) is 1. The summed E-state index contributed by atoms with van der Waals surface area (Å²) in [5, 5.41) is 4.96. The summed E-state index contributed by atoms with van der Waals surface area (Å²) >= 11 is 6.53. The average molecular weight is 564 g/mol. The first-order valence-corrected chi connectivity index (χ1v) is 14.9. The molecule has 0 aromatic heterocycles. The number of fused-ring (bicyclic) bond motifs is 1. The Morgan fingerprint density at radius 3 is 2.27 bits per heavy atom. The number of hydrazone groups is 1. The number of imide groups is 1. The molecule has 41 heavy (non-hydrogen) atoms. The van der Waals surface area contributed by atoms with Crippen molar-refractivity contribution in [1.82, 2.24) is 5.43 Å². The number of hydrogen-bond acceptors (Lipinski definition) is 4. The lowest BCUT2D eigenvalue weighted by Crippen LogP contribution is -2.54. The van der Waals surface area contributed by atoms with Gasteiger partial charge in [-0.05, 0) is 58.6 Å². The van der Waals surface area contributed by atoms with Crippen molar-refractivity contribution in [3.8, 4) is 0 Å². The summed E-state index contributed by atoms with van der Waals surface area (Å²) in [6.45, 7) is 2.22. The molecule has 6 aliphatic rings. The highest BCUT2D eigenvalue weighted by atomic mass is 35.5. The normalized spacial score (nSPS) is 34.2. The summed E-state index contributed by atoms with van der Waals surface area (Å²) in [6, 6.07) is 23.0. The van der Waals surface area contributed by atoms with Crippen LogP contribution >= 0.6 is 11.6 Å². The van der Waals surface area contributed by atoms with Gasteiger partial charge in [-0.2, -0.15) is 5.10 Å². The number of nitrogens with one attached hydrogen (secondary N) is 1. The fraction of sp³-hybridized carbons (Fsp3) is 0.353. The number of amides is 3. The Bertz CT molecular complexity index is 1640. The van der Waals surface area contributed by atoms with Crippen LogP contribution in [-0.4, -0.2) is 23.9 Å². The van der Waals surface area contributed by atoms with Crippen LogP contribution < -0.4 is 10.3 Å². The maximum absolute atomic E-state index is 14.4. The van der Waals surface area contributed by atoms with E-state index >= 15 is 0 Å². The summed E-state index contributed by atoms with van der Waals surface area (Å²) in [5.41, 5.74) is 6.26. The van der Waals surface area contributed by atoms with Gasteiger partial charge in [0.05, 0.1) is 28.0 Å². The van der Waals surface area contributed by atoms with E-state index < -0.39 is 17.3 Å². The lowest BCUT2D eigenvalue weighted by molar-refractivity contribution is -0.124. The van der Waals surface area contributed by atoms with Gasteiger partial charge in [-0.25, -0.2) is 10.3 Å². The van der Waals surface area contributed by atoms with E-state index in [1.54, 1.807) is 30.5 Å². The van der Waals surface area contributed by atoms with Gasteiger partial charge in [0.1, 0.15) is 0 Å². The molecular weight excluding hydrogens is 534 g/mol. The molecule has 2 bridgehead atoms. The second-order valence-electron chi connectivity index (χ2n) is 12.6. The number of nitrogens with zero attached hydrogens (tertiary/aromatic N) is 2. The third kappa shape index (κ3) is 3.14. The second kappa shape index (κ2) is 8.62. The molecule has 7 heteroatoms. The van der Waals surface area contributed by atoms with Gasteiger partial charge in [0, 0.05) is 18.1 Å². The minimum atomic E-state index is -1.02. The molecule has 3 fully saturated rings. The summed E-state index contributed by atoms with van der Waals surface area (Å²) in [4.78, 5) is 43.3. The number of para-hydroxylation sites is 1. The van der Waals surface area contributed by atoms with E-state index in [0.717, 1.165) is 35.1 Å². The Hall–Kier alpha value is -3.77. The second-order valence-corrected chi connectivity index (χ2v) is 13.0. The SMILES string of the molecule is C[C@@]12CCCC[C@@H]1[C@@H]2C(=O)N/N=C\C12c3ccccc3C(c3ccccc31)[C@@H]1C(=O)N(c3ccccc3Cl)C(=O)[C@@H]12. The molecule has 1 N–H and O–H groups in total. The highest BCUT2D eigenvalue weighted by Crippen LogP contribution is 2.66. The van der Waals surface area contributed by atoms with Gasteiger partial charge in [0.15, 0.2) is 0 Å². The highest BCUT2D eigenvalue weighted by Gasteiger charge is 2.68. The molecule has 6 nitrogen and oxygen atoms in total. The summed E-state index contributed by atoms with van der Waals surface area (Å²) < 4.78 is 0. The minimum absolute atomic E-state index is 0.0283. The van der Waals surface area contributed by atoms with Crippen molar-refractivity contribution in [2.24, 2.45) is 34.2 Å². The summed E-state index contributed by atoms with van der Waals surface area (Å²) in [7, 11) is 0. The van der Waals surface area contributed by atoms with E-state index in [9.17, 15) is 14.4 Å². The van der Waals surface area contributed by atoms with Gasteiger partial charge in [-0.15, -0.1) is 0 Å². The Balaban J connectivity index is 1.26. The first-order chi connectivity index (χ1) is 19.9. The molecule has 3 aromatic carbocycles. The molecule has 1 aliphatic heterocycles. The average Bonchev–Trinajstić information content (AvgIpc) is 3.54. The molecule has 1 saturated heterocycles. The predicted octanol–water partition coefficient (Wildman–Crippen LogP) is 5.82. The van der Waals surface area contributed by atoms with Crippen molar-refractivity contribution in [2.45, 2.75) is 43.9 Å². The number of carbonyl (C=O) groups is 3. The van der Waals surface area contributed by atoms with E-state index in [1.807, 2.05) is 36.4 Å². The van der Waals surface area contributed by atoms with E-state index in [4.69, 9.17) is 11.6 Å². The van der Waals surface area contributed by atoms with Crippen LogP contribution in [0.3, 0.4) is 0 Å². The van der Waals surface area contributed by atoms with Crippen LogP contribution in [0.25, 0.3) is 0 Å². The highest BCUT2D eigenvalue weighted by molar-refractivity contribution is 6.36. The third-order valence-electron chi connectivity index (χ3n) is 10.8. The molecule has 3 amide bonds. The van der Waals surface area contributed by atoms with Gasteiger partial charge in [0.2, 0.25) is 17.7 Å². The van der Waals surface area contributed by atoms with E-state index in [1.165, 1.54) is 17.7 Å². The number of halogens is 1. The lowest BCUT2D eigenvalue weighted by Gasteiger charge is -2.52. The molecule has 9 rings (SSSR count). The standard InChI is InChI=1S/C34H30ClN3O3/c1-33-17-9-8-14-23(33)28(33)30(39)37-36-18-34-21-12-4-2-10-19(21)26(20-11-3-5-13-22(20)34)27-29(34)32(41)38(31(27)40)25-16-7-6-15-24(25)35/h2-7,10-13,15-16,18,23,26-29H,8-9,14,17H2,1H3,(H,37,39)/b36-18-/t23-,26?,27+,28-,29-,33-,34?/m1/s1. The molecule has 0 radical (unpaired) electrons. The van der Waals surface area contributed by atoms with E-state index in [2.05, 4.69) is 29.6 Å². The zero-order valence-electron chi connectivity index (χ0n) is 22.7. The third-order valence-corrected chi connectivity index (χ3v) is 11.2. The number of anilines is 1. The van der Waals surface area contributed by atoms with Crippen LogP contribution in [0.1, 0.15) is 60.8 Å². The Morgan fingerprint density at radius 2 is 1.61 bits per heavy atom. The molecule has 1 heterocycles. The van der Waals surface area contributed by atoms with E-state index in [0.29, 0.717) is 16.6 Å². The van der Waals surface area contributed by atoms with Crippen molar-refractivity contribution in [2.75, 3.05) is 4.90 Å². The van der Waals surface area contributed by atoms with Gasteiger partial charge < -0.3 is 0 Å². The van der Waals surface area contributed by atoms with Gasteiger partial charge >= 0.3 is 0 Å². The number of benzene rings is 3. The van der Waals surface area contributed by atoms with Gasteiger partial charge in [-0.3, -0.25) is 14.4 Å². The molecule has 0 unspecified atom stereocenters. The van der Waals surface area contributed by atoms with Crippen molar-refractivity contribution < 1.29 is 14.4 Å². The quantitative estimate of drug-likeness (QED) is 0.247. The van der Waals surface area contributed by atoms with Gasteiger partial charge in [-0.1, -0.05) is 92.0 Å². The van der Waals surface area contributed by atoms with Crippen molar-refractivity contribution in [3.63, 3.8) is 0 Å². The lowest BCUT2D eigenvalue weighted by atomic mass is 9.47. The van der Waals surface area contributed by atoms with Crippen LogP contribution in [0.15, 0.2) is 77.9 Å². The first-order valence-electron chi connectivity index (χ1n) is 14.5. The molecular formula is C34H30ClN3O3. The Kier molecular flexibility index (Phi) is 5.25. The molecule has 5 atom stereocenters. The monoisotopic (exact) mass is 563 g/mol. The predicted molar refractivity (Wildman–Crippen MR) is 157 cm³/mol. The van der Waals surface area contributed by atoms with Crippen molar-refractivity contribution in [3.05, 3.63) is 100 Å². The number of carbonyl (C=O) groups excluding carboxylic acids is 3. The van der Waals surface area contributed by atoms with Crippen LogP contribution in [0.5, 0.6) is 0 Å². The van der Waals surface area contributed by atoms with Crippen LogP contribution in [0.2, 0.25) is 5.02 Å². The molecule has 206 valence electrons. The summed E-state index contributed by atoms with van der Waals surface area (Å²) in [5.74, 6) is -1.81. The maximum Gasteiger partial charge on any atom is 0.244 e. The largest absolute Gasteiger partial charge is 0.274 e. The minimum Gasteiger partial charge on any atom is -0.274 e. The smallest absolute Gasteiger partial charge is 0.244 e. The molecule has 0 spiro atoms. The number of rotatable bonds is 4. The topological polar surface area (TPSA) is 78.8 Å². The first kappa shape index (κ1) is 25.0. The zero-order chi connectivity index (χ0) is 28.1. The maximum atomic E-state index is 14.4. The van der Waals surface area contributed by atoms with Crippen LogP contribution in [0, 0.1) is 29.1 Å². The Morgan fingerprint density at radius 1 is 0.951 bits per heavy atom. The zero-order valence-corrected chi connectivity index (χ0v) is 23.5. The summed E-state index contributed by atoms with van der Waals surface area (Å²) in [6.07, 6.45) is 6.24. The van der Waals surface area contributed by atoms with Crippen molar-refractivity contribution in [1.29, 1.82) is 0 Å². The van der Waals surface area contributed by atoms with Crippen LogP contribution in [0.4, 0.5) is 5.69 Å². The molecule has 2 saturated carbocycles.